The molecule has 0 atom stereocenters. The molecule has 0 saturated carbocycles. The average Bonchev–Trinajstić information content (AvgIpc) is 3.17. The molecule has 0 spiro atoms. The van der Waals surface area contributed by atoms with Crippen molar-refractivity contribution in [1.82, 2.24) is 4.90 Å². The number of nitrogens with zero attached hydrogens (tertiary/aromatic N) is 2. The molecule has 2 heterocycles. The van der Waals surface area contributed by atoms with Crippen LogP contribution in [0.25, 0.3) is 16.8 Å². The number of amides is 3. The van der Waals surface area contributed by atoms with Gasteiger partial charge in [0.1, 0.15) is 12.3 Å². The van der Waals surface area contributed by atoms with Crippen molar-refractivity contribution >= 4 is 57.0 Å². The Labute approximate surface area is 212 Å². The first-order valence-electron chi connectivity index (χ1n) is 11.6. The standard InChI is InChI=1S/C27H25N3O5S/c1-34-23-11-6-18(21-4-2-3-5-22(21)23)16-24-26(32)30(27(33)36-24)17-25(31)28-19-7-9-20(10-8-19)29-12-14-35-15-13-29/h2-11,16H,12-15,17H2,1H3,(H,28,31)/b24-16+. The fourth-order valence-corrected chi connectivity index (χ4v) is 5.13. The van der Waals surface area contributed by atoms with Gasteiger partial charge in [-0.1, -0.05) is 30.3 Å². The zero-order chi connectivity index (χ0) is 25.1. The third-order valence-electron chi connectivity index (χ3n) is 6.13. The summed E-state index contributed by atoms with van der Waals surface area (Å²) in [7, 11) is 1.61. The van der Waals surface area contributed by atoms with E-state index in [1.165, 1.54) is 0 Å². The van der Waals surface area contributed by atoms with E-state index in [4.69, 9.17) is 9.47 Å². The zero-order valence-electron chi connectivity index (χ0n) is 19.7. The van der Waals surface area contributed by atoms with Gasteiger partial charge in [0.15, 0.2) is 0 Å². The van der Waals surface area contributed by atoms with Gasteiger partial charge in [-0.3, -0.25) is 19.3 Å². The molecule has 2 fully saturated rings. The third-order valence-corrected chi connectivity index (χ3v) is 7.03. The number of morpholine rings is 1. The molecule has 0 bridgehead atoms. The summed E-state index contributed by atoms with van der Waals surface area (Å²) in [6.45, 7) is 2.69. The molecule has 2 saturated heterocycles. The van der Waals surface area contributed by atoms with Gasteiger partial charge in [-0.05, 0) is 59.1 Å². The highest BCUT2D eigenvalue weighted by Crippen LogP contribution is 2.35. The Morgan fingerprint density at radius 3 is 2.47 bits per heavy atom. The number of methoxy groups -OCH3 is 1. The van der Waals surface area contributed by atoms with Crippen molar-refractivity contribution in [3.8, 4) is 5.75 Å². The van der Waals surface area contributed by atoms with Gasteiger partial charge in [-0.15, -0.1) is 0 Å². The van der Waals surface area contributed by atoms with Crippen LogP contribution in [0.4, 0.5) is 16.2 Å². The summed E-state index contributed by atoms with van der Waals surface area (Å²) in [5.74, 6) is -0.194. The van der Waals surface area contributed by atoms with Crippen LogP contribution in [-0.2, 0) is 14.3 Å². The predicted octanol–water partition coefficient (Wildman–Crippen LogP) is 4.36. The number of benzene rings is 3. The molecule has 0 aromatic heterocycles. The van der Waals surface area contributed by atoms with E-state index in [9.17, 15) is 14.4 Å². The molecule has 2 aliphatic rings. The highest BCUT2D eigenvalue weighted by atomic mass is 32.2. The van der Waals surface area contributed by atoms with Gasteiger partial charge < -0.3 is 19.7 Å². The van der Waals surface area contributed by atoms with Crippen LogP contribution < -0.4 is 15.0 Å². The maximum atomic E-state index is 13.0. The summed E-state index contributed by atoms with van der Waals surface area (Å²) in [6.07, 6.45) is 1.69. The number of imide groups is 1. The minimum Gasteiger partial charge on any atom is -0.496 e. The molecular weight excluding hydrogens is 478 g/mol. The number of anilines is 2. The van der Waals surface area contributed by atoms with Crippen molar-refractivity contribution < 1.29 is 23.9 Å². The summed E-state index contributed by atoms with van der Waals surface area (Å²) in [6, 6.07) is 18.9. The van der Waals surface area contributed by atoms with Crippen LogP contribution in [-0.4, -0.2) is 61.9 Å². The second kappa shape index (κ2) is 10.4. The van der Waals surface area contributed by atoms with Crippen molar-refractivity contribution in [1.29, 1.82) is 0 Å². The van der Waals surface area contributed by atoms with Crippen LogP contribution in [0, 0.1) is 0 Å². The van der Waals surface area contributed by atoms with Gasteiger partial charge in [-0.2, -0.15) is 0 Å². The molecule has 3 aromatic rings. The molecule has 184 valence electrons. The Bertz CT molecular complexity index is 1350. The highest BCUT2D eigenvalue weighted by molar-refractivity contribution is 8.18. The number of fused-ring (bicyclic) bond motifs is 1. The largest absolute Gasteiger partial charge is 0.496 e. The third kappa shape index (κ3) is 4.93. The maximum absolute atomic E-state index is 13.0. The van der Waals surface area contributed by atoms with Gasteiger partial charge in [0, 0.05) is 29.9 Å². The smallest absolute Gasteiger partial charge is 0.294 e. The fraction of sp³-hybridized carbons (Fsp3) is 0.222. The number of rotatable bonds is 6. The van der Waals surface area contributed by atoms with Gasteiger partial charge in [0.25, 0.3) is 11.1 Å². The first kappa shape index (κ1) is 23.9. The van der Waals surface area contributed by atoms with E-state index >= 15 is 0 Å². The molecule has 0 radical (unpaired) electrons. The molecule has 3 amide bonds. The Balaban J connectivity index is 1.26. The fourth-order valence-electron chi connectivity index (χ4n) is 4.30. The van der Waals surface area contributed by atoms with Crippen LogP contribution in [0.15, 0.2) is 65.6 Å². The van der Waals surface area contributed by atoms with Crippen molar-refractivity contribution in [3.05, 3.63) is 71.1 Å². The lowest BCUT2D eigenvalue weighted by molar-refractivity contribution is -0.127. The van der Waals surface area contributed by atoms with Gasteiger partial charge in [0.2, 0.25) is 5.91 Å². The number of hydrogen-bond donors (Lipinski definition) is 1. The lowest BCUT2D eigenvalue weighted by atomic mass is 10.0. The minimum absolute atomic E-state index is 0.276. The molecule has 0 unspecified atom stereocenters. The number of nitrogens with one attached hydrogen (secondary N) is 1. The summed E-state index contributed by atoms with van der Waals surface area (Å²) < 4.78 is 10.8. The Morgan fingerprint density at radius 1 is 1.03 bits per heavy atom. The summed E-state index contributed by atoms with van der Waals surface area (Å²) >= 11 is 0.833. The normalized spacial score (nSPS) is 17.2. The van der Waals surface area contributed by atoms with Crippen LogP contribution in [0.5, 0.6) is 5.75 Å². The summed E-state index contributed by atoms with van der Waals surface area (Å²) in [5.41, 5.74) is 2.45. The van der Waals surface area contributed by atoms with Crippen molar-refractivity contribution in [2.45, 2.75) is 0 Å². The Kier molecular flexibility index (Phi) is 6.92. The number of carbonyl (C=O) groups excluding carboxylic acids is 3. The first-order chi connectivity index (χ1) is 17.5. The van der Waals surface area contributed by atoms with Crippen LogP contribution in [0.3, 0.4) is 0 Å². The molecule has 0 aliphatic carbocycles. The maximum Gasteiger partial charge on any atom is 0.294 e. The molecular formula is C27H25N3O5S. The second-order valence-electron chi connectivity index (χ2n) is 8.36. The Morgan fingerprint density at radius 2 is 1.75 bits per heavy atom. The van der Waals surface area contributed by atoms with Gasteiger partial charge in [0.05, 0.1) is 25.2 Å². The number of ether oxygens (including phenoxy) is 2. The minimum atomic E-state index is -0.484. The summed E-state index contributed by atoms with van der Waals surface area (Å²) in [5, 5.41) is 4.11. The average molecular weight is 504 g/mol. The van der Waals surface area contributed by atoms with Gasteiger partial charge in [-0.25, -0.2) is 0 Å². The SMILES string of the molecule is COc1ccc(/C=C2/SC(=O)N(CC(=O)Nc3ccc(N4CCOCC4)cc3)C2=O)c2ccccc12. The van der Waals surface area contributed by atoms with Crippen molar-refractivity contribution in [3.63, 3.8) is 0 Å². The van der Waals surface area contributed by atoms with E-state index < -0.39 is 17.1 Å². The lowest BCUT2D eigenvalue weighted by Crippen LogP contribution is -2.36. The van der Waals surface area contributed by atoms with E-state index in [2.05, 4.69) is 10.2 Å². The number of hydrogen-bond acceptors (Lipinski definition) is 7. The number of thioether (sulfide) groups is 1. The van der Waals surface area contributed by atoms with Crippen LogP contribution in [0.1, 0.15) is 5.56 Å². The quantitative estimate of drug-likeness (QED) is 0.500. The molecule has 3 aromatic carbocycles. The van der Waals surface area contributed by atoms with Gasteiger partial charge >= 0.3 is 0 Å². The van der Waals surface area contributed by atoms with Crippen molar-refractivity contribution in [2.75, 3.05) is 50.2 Å². The number of carbonyl (C=O) groups is 3. The van der Waals surface area contributed by atoms with Crippen LogP contribution in [0.2, 0.25) is 0 Å². The Hall–Kier alpha value is -3.82. The molecule has 2 aliphatic heterocycles. The zero-order valence-corrected chi connectivity index (χ0v) is 20.5. The van der Waals surface area contributed by atoms with E-state index in [0.717, 1.165) is 57.5 Å². The van der Waals surface area contributed by atoms with E-state index in [-0.39, 0.29) is 11.4 Å². The monoisotopic (exact) mass is 503 g/mol. The highest BCUT2D eigenvalue weighted by Gasteiger charge is 2.36. The molecule has 5 rings (SSSR count). The topological polar surface area (TPSA) is 88.2 Å². The van der Waals surface area contributed by atoms with E-state index in [1.807, 2.05) is 60.7 Å². The molecule has 8 nitrogen and oxygen atoms in total. The first-order valence-corrected chi connectivity index (χ1v) is 12.4. The van der Waals surface area contributed by atoms with Crippen molar-refractivity contribution in [2.24, 2.45) is 0 Å². The molecule has 9 heteroatoms. The van der Waals surface area contributed by atoms with E-state index in [1.54, 1.807) is 13.2 Å². The van der Waals surface area contributed by atoms with Crippen LogP contribution >= 0.6 is 11.8 Å². The molecule has 36 heavy (non-hydrogen) atoms. The lowest BCUT2D eigenvalue weighted by Gasteiger charge is -2.28. The van der Waals surface area contributed by atoms with E-state index in [0.29, 0.717) is 18.9 Å². The molecule has 1 N–H and O–H groups in total. The predicted molar refractivity (Wildman–Crippen MR) is 141 cm³/mol. The second-order valence-corrected chi connectivity index (χ2v) is 9.36. The summed E-state index contributed by atoms with van der Waals surface area (Å²) in [4.78, 5) is 41.6.